The summed E-state index contributed by atoms with van der Waals surface area (Å²) in [5, 5.41) is 13.7. The van der Waals surface area contributed by atoms with Gasteiger partial charge in [-0.2, -0.15) is 0 Å². The summed E-state index contributed by atoms with van der Waals surface area (Å²) in [5.74, 6) is 0.100. The maximum Gasteiger partial charge on any atom is 0.147 e. The Bertz CT molecular complexity index is 327. The summed E-state index contributed by atoms with van der Waals surface area (Å²) in [5.41, 5.74) is -0.750. The van der Waals surface area contributed by atoms with Crippen LogP contribution in [0.4, 0.5) is 0 Å². The van der Waals surface area contributed by atoms with Gasteiger partial charge < -0.3 is 10.4 Å². The number of piperidine rings is 1. The molecule has 2 bridgehead atoms. The first-order valence-corrected chi connectivity index (χ1v) is 7.59. The predicted molar refractivity (Wildman–Crippen MR) is 58.5 cm³/mol. The van der Waals surface area contributed by atoms with Gasteiger partial charge in [-0.1, -0.05) is 0 Å². The average molecular weight is 233 g/mol. The van der Waals surface area contributed by atoms with Gasteiger partial charge in [-0.25, -0.2) is 8.42 Å². The minimum absolute atomic E-state index is 0.100. The second-order valence-electron chi connectivity index (χ2n) is 5.15. The molecule has 15 heavy (non-hydrogen) atoms. The molecule has 4 nitrogen and oxygen atoms in total. The second kappa shape index (κ2) is 3.71. The van der Waals surface area contributed by atoms with E-state index in [1.807, 2.05) is 0 Å². The molecular weight excluding hydrogens is 214 g/mol. The van der Waals surface area contributed by atoms with Crippen LogP contribution >= 0.6 is 0 Å². The molecule has 5 heteroatoms. The number of fused-ring (bicyclic) bond motifs is 2. The Morgan fingerprint density at radius 3 is 2.33 bits per heavy atom. The lowest BCUT2D eigenvalue weighted by Gasteiger charge is -2.37. The van der Waals surface area contributed by atoms with Crippen molar-refractivity contribution >= 4 is 9.84 Å². The minimum Gasteiger partial charge on any atom is -0.390 e. The van der Waals surface area contributed by atoms with E-state index >= 15 is 0 Å². The largest absolute Gasteiger partial charge is 0.390 e. The normalized spacial score (nSPS) is 40.7. The maximum absolute atomic E-state index is 11.1. The van der Waals surface area contributed by atoms with Crippen LogP contribution in [0, 0.1) is 0 Å². The third-order valence-corrected chi connectivity index (χ3v) is 4.47. The monoisotopic (exact) mass is 233 g/mol. The molecule has 0 radical (unpaired) electrons. The lowest BCUT2D eigenvalue weighted by atomic mass is 9.85. The highest BCUT2D eigenvalue weighted by molar-refractivity contribution is 7.90. The highest BCUT2D eigenvalue weighted by atomic mass is 32.2. The first-order chi connectivity index (χ1) is 6.86. The van der Waals surface area contributed by atoms with Crippen molar-refractivity contribution in [2.75, 3.05) is 12.0 Å². The fourth-order valence-corrected chi connectivity index (χ4v) is 3.56. The fraction of sp³-hybridized carbons (Fsp3) is 1.00. The van der Waals surface area contributed by atoms with Crippen molar-refractivity contribution in [2.24, 2.45) is 0 Å². The summed E-state index contributed by atoms with van der Waals surface area (Å²) in [6, 6.07) is 0.793. The van der Waals surface area contributed by atoms with Crippen molar-refractivity contribution in [3.63, 3.8) is 0 Å². The van der Waals surface area contributed by atoms with Crippen molar-refractivity contribution < 1.29 is 13.5 Å². The standard InChI is InChI=1S/C10H19NO3S/c1-15(13,14)5-4-10(12)6-8-2-3-9(7-10)11-8/h8-9,11-12H,2-7H2,1H3. The van der Waals surface area contributed by atoms with Crippen LogP contribution in [0.25, 0.3) is 0 Å². The van der Waals surface area contributed by atoms with E-state index < -0.39 is 15.4 Å². The predicted octanol–water partition coefficient (Wildman–Crippen LogP) is 0.0666. The van der Waals surface area contributed by atoms with Crippen LogP contribution in [0.2, 0.25) is 0 Å². The molecule has 2 aliphatic heterocycles. The first-order valence-electron chi connectivity index (χ1n) is 5.52. The molecule has 2 saturated heterocycles. The molecule has 0 saturated carbocycles. The van der Waals surface area contributed by atoms with Gasteiger partial charge in [-0.15, -0.1) is 0 Å². The molecule has 2 heterocycles. The van der Waals surface area contributed by atoms with Crippen LogP contribution in [0.3, 0.4) is 0 Å². The van der Waals surface area contributed by atoms with Crippen LogP contribution in [0.1, 0.15) is 32.1 Å². The van der Waals surface area contributed by atoms with Crippen LogP contribution in [-0.2, 0) is 9.84 Å². The quantitative estimate of drug-likeness (QED) is 0.724. The average Bonchev–Trinajstić information content (AvgIpc) is 2.42. The fourth-order valence-electron chi connectivity index (χ4n) is 2.80. The van der Waals surface area contributed by atoms with Crippen LogP contribution in [-0.4, -0.2) is 43.2 Å². The summed E-state index contributed by atoms with van der Waals surface area (Å²) < 4.78 is 22.1. The summed E-state index contributed by atoms with van der Waals surface area (Å²) in [7, 11) is -2.96. The van der Waals surface area contributed by atoms with Gasteiger partial charge in [0.25, 0.3) is 0 Å². The van der Waals surface area contributed by atoms with Crippen LogP contribution in [0.5, 0.6) is 0 Å². The molecule has 2 atom stereocenters. The number of hydrogen-bond acceptors (Lipinski definition) is 4. The van der Waals surface area contributed by atoms with Crippen molar-refractivity contribution in [2.45, 2.75) is 49.8 Å². The van der Waals surface area contributed by atoms with Gasteiger partial charge in [0, 0.05) is 18.3 Å². The van der Waals surface area contributed by atoms with E-state index in [2.05, 4.69) is 5.32 Å². The Labute approximate surface area is 91.0 Å². The van der Waals surface area contributed by atoms with Crippen molar-refractivity contribution in [3.05, 3.63) is 0 Å². The summed E-state index contributed by atoms with van der Waals surface area (Å²) in [4.78, 5) is 0. The van der Waals surface area contributed by atoms with E-state index in [9.17, 15) is 13.5 Å². The van der Waals surface area contributed by atoms with Gasteiger partial charge in [-0.05, 0) is 32.1 Å². The molecule has 0 aromatic rings. The van der Waals surface area contributed by atoms with Gasteiger partial charge in [0.2, 0.25) is 0 Å². The summed E-state index contributed by atoms with van der Waals surface area (Å²) in [6.45, 7) is 0. The van der Waals surface area contributed by atoms with Crippen LogP contribution < -0.4 is 5.32 Å². The minimum atomic E-state index is -2.96. The SMILES string of the molecule is CS(=O)(=O)CCC1(O)CC2CCC(C1)N2. The van der Waals surface area contributed by atoms with E-state index in [4.69, 9.17) is 0 Å². The lowest BCUT2D eigenvalue weighted by molar-refractivity contribution is -0.00904. The van der Waals surface area contributed by atoms with Crippen molar-refractivity contribution in [1.82, 2.24) is 5.32 Å². The van der Waals surface area contributed by atoms with Crippen molar-refractivity contribution in [1.29, 1.82) is 0 Å². The number of sulfone groups is 1. The van der Waals surface area contributed by atoms with E-state index in [0.717, 1.165) is 12.8 Å². The van der Waals surface area contributed by atoms with E-state index in [1.165, 1.54) is 6.26 Å². The Balaban J connectivity index is 1.96. The maximum atomic E-state index is 11.1. The second-order valence-corrected chi connectivity index (χ2v) is 7.41. The van der Waals surface area contributed by atoms with E-state index in [1.54, 1.807) is 0 Å². The number of nitrogens with one attached hydrogen (secondary N) is 1. The molecule has 0 aliphatic carbocycles. The van der Waals surface area contributed by atoms with Gasteiger partial charge in [-0.3, -0.25) is 0 Å². The molecular formula is C10H19NO3S. The topological polar surface area (TPSA) is 66.4 Å². The number of aliphatic hydroxyl groups is 1. The van der Waals surface area contributed by atoms with Gasteiger partial charge in [0.15, 0.2) is 0 Å². The number of hydrogen-bond donors (Lipinski definition) is 2. The first kappa shape index (κ1) is 11.4. The zero-order valence-corrected chi connectivity index (χ0v) is 9.89. The summed E-state index contributed by atoms with van der Waals surface area (Å²) in [6.07, 6.45) is 5.27. The van der Waals surface area contributed by atoms with E-state index in [0.29, 0.717) is 31.3 Å². The van der Waals surface area contributed by atoms with Crippen LogP contribution in [0.15, 0.2) is 0 Å². The third kappa shape index (κ3) is 2.92. The van der Waals surface area contributed by atoms with Gasteiger partial charge in [0.1, 0.15) is 9.84 Å². The molecule has 2 unspecified atom stereocenters. The Hall–Kier alpha value is -0.130. The Morgan fingerprint density at radius 2 is 1.87 bits per heavy atom. The molecule has 2 N–H and O–H groups in total. The molecule has 0 aromatic carbocycles. The molecule has 0 amide bonds. The molecule has 88 valence electrons. The van der Waals surface area contributed by atoms with Gasteiger partial charge in [0.05, 0.1) is 11.4 Å². The number of rotatable bonds is 3. The van der Waals surface area contributed by atoms with Gasteiger partial charge >= 0.3 is 0 Å². The third-order valence-electron chi connectivity index (χ3n) is 3.53. The smallest absolute Gasteiger partial charge is 0.147 e. The zero-order valence-electron chi connectivity index (χ0n) is 9.07. The highest BCUT2D eigenvalue weighted by Crippen LogP contribution is 2.36. The Kier molecular flexibility index (Phi) is 2.81. The molecule has 2 fully saturated rings. The molecule has 2 rings (SSSR count). The zero-order chi connectivity index (χ0) is 11.1. The molecule has 2 aliphatic rings. The summed E-state index contributed by atoms with van der Waals surface area (Å²) >= 11 is 0. The molecule has 0 aromatic heterocycles. The molecule has 0 spiro atoms. The Morgan fingerprint density at radius 1 is 1.33 bits per heavy atom. The lowest BCUT2D eigenvalue weighted by Crippen LogP contribution is -2.49. The van der Waals surface area contributed by atoms with E-state index in [-0.39, 0.29) is 5.75 Å². The van der Waals surface area contributed by atoms with Crippen molar-refractivity contribution in [3.8, 4) is 0 Å². The highest BCUT2D eigenvalue weighted by Gasteiger charge is 2.42.